The summed E-state index contributed by atoms with van der Waals surface area (Å²) in [7, 11) is -3.40. The number of aliphatic carboxylic acids is 1. The number of carboxylic acid groups (broad SMARTS) is 1. The van der Waals surface area contributed by atoms with Crippen molar-refractivity contribution in [1.29, 1.82) is 0 Å². The predicted octanol–water partition coefficient (Wildman–Crippen LogP) is 2.03. The minimum absolute atomic E-state index is 0.0689. The quantitative estimate of drug-likeness (QED) is 0.843. The molecule has 1 aliphatic carbocycles. The first-order valence-corrected chi connectivity index (χ1v) is 9.98. The highest BCUT2D eigenvalue weighted by atomic mass is 32.2. The van der Waals surface area contributed by atoms with Crippen LogP contribution >= 0.6 is 0 Å². The Morgan fingerprint density at radius 2 is 1.83 bits per heavy atom. The Balaban J connectivity index is 2.10. The minimum atomic E-state index is -3.40. The van der Waals surface area contributed by atoms with Crippen molar-refractivity contribution in [1.82, 2.24) is 5.32 Å². The maximum atomic E-state index is 12.4. The van der Waals surface area contributed by atoms with E-state index in [-0.39, 0.29) is 22.8 Å². The number of hydrogen-bond acceptors (Lipinski definition) is 4. The molecule has 132 valence electrons. The number of sulfone groups is 1. The second-order valence-electron chi connectivity index (χ2n) is 6.31. The third-order valence-corrected chi connectivity index (χ3v) is 5.70. The van der Waals surface area contributed by atoms with Gasteiger partial charge in [0, 0.05) is 17.9 Å². The van der Waals surface area contributed by atoms with Gasteiger partial charge in [-0.3, -0.25) is 9.59 Å². The van der Waals surface area contributed by atoms with Crippen molar-refractivity contribution in [3.8, 4) is 0 Å². The molecule has 7 heteroatoms. The number of carbonyl (C=O) groups excluding carboxylic acids is 1. The molecule has 0 atom stereocenters. The Hall–Kier alpha value is -1.89. The number of nitrogens with one attached hydrogen (secondary N) is 1. The average Bonchev–Trinajstić information content (AvgIpc) is 2.53. The highest BCUT2D eigenvalue weighted by Gasteiger charge is 2.27. The van der Waals surface area contributed by atoms with Gasteiger partial charge in [0.05, 0.1) is 10.8 Å². The van der Waals surface area contributed by atoms with Crippen LogP contribution in [0.5, 0.6) is 0 Å². The molecule has 1 aromatic rings. The molecule has 24 heavy (non-hydrogen) atoms. The van der Waals surface area contributed by atoms with Crippen LogP contribution in [0.25, 0.3) is 0 Å². The molecule has 1 fully saturated rings. The van der Waals surface area contributed by atoms with E-state index in [0.29, 0.717) is 43.2 Å². The van der Waals surface area contributed by atoms with E-state index in [4.69, 9.17) is 5.11 Å². The van der Waals surface area contributed by atoms with Crippen molar-refractivity contribution >= 4 is 21.7 Å². The van der Waals surface area contributed by atoms with Crippen molar-refractivity contribution in [2.45, 2.75) is 50.0 Å². The number of aryl methyl sites for hydroxylation is 1. The van der Waals surface area contributed by atoms with Crippen LogP contribution in [0, 0.1) is 5.92 Å². The van der Waals surface area contributed by atoms with Gasteiger partial charge in [-0.15, -0.1) is 0 Å². The molecule has 6 nitrogen and oxygen atoms in total. The van der Waals surface area contributed by atoms with E-state index in [2.05, 4.69) is 5.32 Å². The molecule has 0 spiro atoms. The Bertz CT molecular complexity index is 733. The summed E-state index contributed by atoms with van der Waals surface area (Å²) in [5.74, 6) is -1.44. The molecule has 1 aliphatic rings. The van der Waals surface area contributed by atoms with Crippen LogP contribution in [-0.2, 0) is 21.1 Å². The Labute approximate surface area is 142 Å². The van der Waals surface area contributed by atoms with E-state index in [1.165, 1.54) is 6.07 Å². The van der Waals surface area contributed by atoms with Crippen LogP contribution in [-0.4, -0.2) is 37.7 Å². The van der Waals surface area contributed by atoms with Crippen LogP contribution < -0.4 is 5.32 Å². The molecule has 0 radical (unpaired) electrons. The fourth-order valence-electron chi connectivity index (χ4n) is 3.09. The second kappa shape index (κ2) is 7.34. The maximum absolute atomic E-state index is 12.4. The first kappa shape index (κ1) is 18.4. The zero-order valence-electron chi connectivity index (χ0n) is 13.9. The van der Waals surface area contributed by atoms with Crippen molar-refractivity contribution in [3.63, 3.8) is 0 Å². The van der Waals surface area contributed by atoms with Crippen LogP contribution in [0.15, 0.2) is 23.1 Å². The summed E-state index contributed by atoms with van der Waals surface area (Å²) in [6, 6.07) is 4.66. The van der Waals surface area contributed by atoms with Gasteiger partial charge < -0.3 is 10.4 Å². The van der Waals surface area contributed by atoms with Gasteiger partial charge in [-0.1, -0.05) is 13.0 Å². The van der Waals surface area contributed by atoms with Crippen molar-refractivity contribution in [2.24, 2.45) is 5.92 Å². The van der Waals surface area contributed by atoms with Gasteiger partial charge in [0.1, 0.15) is 0 Å². The van der Waals surface area contributed by atoms with E-state index in [9.17, 15) is 18.0 Å². The van der Waals surface area contributed by atoms with Crippen molar-refractivity contribution in [3.05, 3.63) is 29.3 Å². The Morgan fingerprint density at radius 1 is 1.21 bits per heavy atom. The third kappa shape index (κ3) is 4.35. The van der Waals surface area contributed by atoms with Crippen molar-refractivity contribution < 1.29 is 23.1 Å². The van der Waals surface area contributed by atoms with Crippen molar-refractivity contribution in [2.75, 3.05) is 6.26 Å². The molecule has 0 aromatic heterocycles. The average molecular weight is 353 g/mol. The van der Waals surface area contributed by atoms with E-state index < -0.39 is 15.8 Å². The molecule has 0 unspecified atom stereocenters. The van der Waals surface area contributed by atoms with Crippen LogP contribution in [0.2, 0.25) is 0 Å². The number of hydrogen-bond donors (Lipinski definition) is 2. The SMILES string of the molecule is CCc1ccc(C(=O)NC2CCC(C(=O)O)CC2)cc1S(C)(=O)=O. The largest absolute Gasteiger partial charge is 0.481 e. The monoisotopic (exact) mass is 353 g/mol. The third-order valence-electron chi connectivity index (χ3n) is 4.52. The molecule has 1 aromatic carbocycles. The normalized spacial score (nSPS) is 21.2. The Kier molecular flexibility index (Phi) is 5.64. The smallest absolute Gasteiger partial charge is 0.306 e. The molecule has 0 saturated heterocycles. The fraction of sp³-hybridized carbons (Fsp3) is 0.529. The summed E-state index contributed by atoms with van der Waals surface area (Å²) >= 11 is 0. The van der Waals surface area contributed by atoms with E-state index in [1.54, 1.807) is 12.1 Å². The Morgan fingerprint density at radius 3 is 2.33 bits per heavy atom. The fourth-order valence-corrected chi connectivity index (χ4v) is 4.12. The molecular formula is C17H23NO5S. The highest BCUT2D eigenvalue weighted by Crippen LogP contribution is 2.25. The summed E-state index contributed by atoms with van der Waals surface area (Å²) in [4.78, 5) is 23.5. The molecule has 0 bridgehead atoms. The lowest BCUT2D eigenvalue weighted by Crippen LogP contribution is -2.38. The summed E-state index contributed by atoms with van der Waals surface area (Å²) in [6.07, 6.45) is 4.04. The van der Waals surface area contributed by atoms with Crippen LogP contribution in [0.3, 0.4) is 0 Å². The summed E-state index contributed by atoms with van der Waals surface area (Å²) in [6.45, 7) is 1.87. The number of rotatable bonds is 5. The molecule has 2 N–H and O–H groups in total. The van der Waals surface area contributed by atoms with E-state index >= 15 is 0 Å². The number of benzene rings is 1. The van der Waals surface area contributed by atoms with E-state index in [0.717, 1.165) is 6.26 Å². The topological polar surface area (TPSA) is 101 Å². The zero-order valence-corrected chi connectivity index (χ0v) is 14.7. The first-order chi connectivity index (χ1) is 11.2. The molecule has 0 aliphatic heterocycles. The number of carboxylic acids is 1. The standard InChI is InChI=1S/C17H23NO5S/c1-3-11-4-5-13(10-15(11)24(2,22)23)16(19)18-14-8-6-12(7-9-14)17(20)21/h4-5,10,12,14H,3,6-9H2,1-2H3,(H,18,19)(H,20,21). The molecule has 1 amide bonds. The van der Waals surface area contributed by atoms with Gasteiger partial charge >= 0.3 is 5.97 Å². The molecule has 0 heterocycles. The van der Waals surface area contributed by atoms with E-state index in [1.807, 2.05) is 6.92 Å². The molecule has 1 saturated carbocycles. The van der Waals surface area contributed by atoms with Gasteiger partial charge in [0.25, 0.3) is 5.91 Å². The summed E-state index contributed by atoms with van der Waals surface area (Å²) < 4.78 is 23.8. The van der Waals surface area contributed by atoms with Gasteiger partial charge in [-0.25, -0.2) is 8.42 Å². The second-order valence-corrected chi connectivity index (χ2v) is 8.29. The van der Waals surface area contributed by atoms with Gasteiger partial charge in [0.2, 0.25) is 0 Å². The predicted molar refractivity (Wildman–Crippen MR) is 89.8 cm³/mol. The van der Waals surface area contributed by atoms with Gasteiger partial charge in [0.15, 0.2) is 9.84 Å². The van der Waals surface area contributed by atoms with Crippen LogP contribution in [0.1, 0.15) is 48.5 Å². The number of amides is 1. The zero-order chi connectivity index (χ0) is 17.9. The lowest BCUT2D eigenvalue weighted by Gasteiger charge is -2.26. The van der Waals surface area contributed by atoms with Crippen LogP contribution in [0.4, 0.5) is 0 Å². The first-order valence-electron chi connectivity index (χ1n) is 8.09. The lowest BCUT2D eigenvalue weighted by atomic mass is 9.86. The summed E-state index contributed by atoms with van der Waals surface area (Å²) in [5.41, 5.74) is 1.00. The lowest BCUT2D eigenvalue weighted by molar-refractivity contribution is -0.142. The summed E-state index contributed by atoms with van der Waals surface area (Å²) in [5, 5.41) is 11.9. The molecule has 2 rings (SSSR count). The molecular weight excluding hydrogens is 330 g/mol. The number of carbonyl (C=O) groups is 2. The highest BCUT2D eigenvalue weighted by molar-refractivity contribution is 7.90. The van der Waals surface area contributed by atoms with Gasteiger partial charge in [-0.2, -0.15) is 0 Å². The van der Waals surface area contributed by atoms with Gasteiger partial charge in [-0.05, 0) is 49.8 Å². The maximum Gasteiger partial charge on any atom is 0.306 e. The minimum Gasteiger partial charge on any atom is -0.481 e.